The maximum atomic E-state index is 13.1. The Morgan fingerprint density at radius 3 is 2.51 bits per heavy atom. The second-order valence-electron chi connectivity index (χ2n) is 9.93. The van der Waals surface area contributed by atoms with Crippen molar-refractivity contribution in [3.63, 3.8) is 0 Å². The summed E-state index contributed by atoms with van der Waals surface area (Å²) in [4.78, 5) is 30.2. The molecule has 1 aliphatic carbocycles. The van der Waals surface area contributed by atoms with Crippen molar-refractivity contribution in [2.24, 2.45) is 0 Å². The Balaban J connectivity index is 1.25. The Hall–Kier alpha value is -3.45. The van der Waals surface area contributed by atoms with Gasteiger partial charge in [-0.05, 0) is 54.9 Å². The molecule has 0 atom stereocenters. The molecule has 3 heterocycles. The van der Waals surface area contributed by atoms with Crippen LogP contribution in [0.15, 0.2) is 54.6 Å². The van der Waals surface area contributed by atoms with E-state index >= 15 is 0 Å². The van der Waals surface area contributed by atoms with Gasteiger partial charge in [-0.3, -0.25) is 0 Å². The number of benzene rings is 2. The molecule has 6 rings (SSSR count). The smallest absolute Gasteiger partial charge is 0.321 e. The molecule has 2 aliphatic rings. The summed E-state index contributed by atoms with van der Waals surface area (Å²) >= 11 is 1.86. The van der Waals surface area contributed by atoms with Gasteiger partial charge in [0.1, 0.15) is 16.5 Å². The summed E-state index contributed by atoms with van der Waals surface area (Å²) in [5.74, 6) is 1.94. The largest absolute Gasteiger partial charge is 0.352 e. The van der Waals surface area contributed by atoms with E-state index in [2.05, 4.69) is 47.5 Å². The number of aryl methyl sites for hydroxylation is 3. The maximum absolute atomic E-state index is 13.1. The minimum atomic E-state index is -0.0222. The highest BCUT2D eigenvalue weighted by Gasteiger charge is 2.27. The Morgan fingerprint density at radius 1 is 0.946 bits per heavy atom. The van der Waals surface area contributed by atoms with Gasteiger partial charge in [-0.25, -0.2) is 14.8 Å². The van der Waals surface area contributed by atoms with Gasteiger partial charge in [0.2, 0.25) is 0 Å². The first kappa shape index (κ1) is 23.9. The van der Waals surface area contributed by atoms with E-state index in [0.717, 1.165) is 66.5 Å². The van der Waals surface area contributed by atoms with Crippen molar-refractivity contribution >= 4 is 39.1 Å². The number of urea groups is 1. The average Bonchev–Trinajstić information content (AvgIpc) is 3.32. The second kappa shape index (κ2) is 10.5. The molecule has 4 aromatic rings. The molecule has 37 heavy (non-hydrogen) atoms. The first-order valence-corrected chi connectivity index (χ1v) is 14.2. The van der Waals surface area contributed by atoms with Crippen molar-refractivity contribution in [3.8, 4) is 0 Å². The standard InChI is InChI=1S/C30H33N5OS/c1-2-22-12-6-8-14-24(22)31-30(36)35-18-16-34(17-19-35)28-27-23-13-7-9-15-25(23)37-29(27)33-26(32-28)20-21-10-4-3-5-11-21/h3-6,8,10-12,14H,2,7,9,13,15-20H2,1H3,(H,31,36). The predicted molar refractivity (Wildman–Crippen MR) is 152 cm³/mol. The first-order valence-electron chi connectivity index (χ1n) is 13.4. The predicted octanol–water partition coefficient (Wildman–Crippen LogP) is 6.08. The number of hydrogen-bond donors (Lipinski definition) is 1. The highest BCUT2D eigenvalue weighted by molar-refractivity contribution is 7.19. The molecule has 190 valence electrons. The molecule has 1 saturated heterocycles. The van der Waals surface area contributed by atoms with Gasteiger partial charge < -0.3 is 15.1 Å². The van der Waals surface area contributed by atoms with Gasteiger partial charge in [-0.1, -0.05) is 55.5 Å². The summed E-state index contributed by atoms with van der Waals surface area (Å²) in [5.41, 5.74) is 4.75. The van der Waals surface area contributed by atoms with Gasteiger partial charge in [0, 0.05) is 43.2 Å². The van der Waals surface area contributed by atoms with Crippen molar-refractivity contribution in [1.82, 2.24) is 14.9 Å². The number of carbonyl (C=O) groups excluding carboxylic acids is 1. The lowest BCUT2D eigenvalue weighted by atomic mass is 9.96. The lowest BCUT2D eigenvalue weighted by molar-refractivity contribution is 0.208. The van der Waals surface area contributed by atoms with E-state index in [1.54, 1.807) is 0 Å². The fraction of sp³-hybridized carbons (Fsp3) is 0.367. The van der Waals surface area contributed by atoms with E-state index in [1.165, 1.54) is 34.2 Å². The van der Waals surface area contributed by atoms with Crippen LogP contribution in [0.1, 0.15) is 47.2 Å². The van der Waals surface area contributed by atoms with E-state index in [-0.39, 0.29) is 6.03 Å². The highest BCUT2D eigenvalue weighted by Crippen LogP contribution is 2.40. The SMILES string of the molecule is CCc1ccccc1NC(=O)N1CCN(c2nc(Cc3ccccc3)nc3sc4c(c23)CCCC4)CC1. The number of amides is 2. The zero-order valence-electron chi connectivity index (χ0n) is 21.4. The molecular formula is C30H33N5OS. The van der Waals surface area contributed by atoms with Crippen LogP contribution < -0.4 is 10.2 Å². The van der Waals surface area contributed by atoms with Gasteiger partial charge in [0.25, 0.3) is 0 Å². The first-order chi connectivity index (χ1) is 18.2. The fourth-order valence-corrected chi connectivity index (χ4v) is 6.81. The van der Waals surface area contributed by atoms with Gasteiger partial charge in [0.15, 0.2) is 0 Å². The number of piperazine rings is 1. The third-order valence-corrected chi connectivity index (χ3v) is 8.74. The van der Waals surface area contributed by atoms with E-state index < -0.39 is 0 Å². The number of rotatable bonds is 5. The monoisotopic (exact) mass is 511 g/mol. The van der Waals surface area contributed by atoms with Crippen molar-refractivity contribution in [1.29, 1.82) is 0 Å². The van der Waals surface area contributed by atoms with Crippen LogP contribution in [0.4, 0.5) is 16.3 Å². The van der Waals surface area contributed by atoms with Crippen molar-refractivity contribution in [2.75, 3.05) is 36.4 Å². The summed E-state index contributed by atoms with van der Waals surface area (Å²) in [6, 6.07) is 18.5. The molecule has 1 N–H and O–H groups in total. The number of para-hydroxylation sites is 1. The van der Waals surface area contributed by atoms with Crippen LogP contribution in [0.25, 0.3) is 10.2 Å². The molecule has 1 aliphatic heterocycles. The molecular weight excluding hydrogens is 478 g/mol. The van der Waals surface area contributed by atoms with Gasteiger partial charge >= 0.3 is 6.03 Å². The number of nitrogens with one attached hydrogen (secondary N) is 1. The topological polar surface area (TPSA) is 61.4 Å². The molecule has 2 aromatic carbocycles. The van der Waals surface area contributed by atoms with Crippen LogP contribution in [-0.4, -0.2) is 47.1 Å². The summed E-state index contributed by atoms with van der Waals surface area (Å²) in [6.45, 7) is 4.99. The number of carbonyl (C=O) groups is 1. The maximum Gasteiger partial charge on any atom is 0.321 e. The Labute approximate surface area is 222 Å². The van der Waals surface area contributed by atoms with Crippen LogP contribution >= 0.6 is 11.3 Å². The van der Waals surface area contributed by atoms with Crippen molar-refractivity contribution < 1.29 is 4.79 Å². The number of anilines is 2. The van der Waals surface area contributed by atoms with Crippen molar-refractivity contribution in [2.45, 2.75) is 45.4 Å². The van der Waals surface area contributed by atoms with E-state index in [0.29, 0.717) is 13.1 Å². The summed E-state index contributed by atoms with van der Waals surface area (Å²) in [5, 5.41) is 4.39. The molecule has 2 aromatic heterocycles. The van der Waals surface area contributed by atoms with E-state index in [4.69, 9.17) is 9.97 Å². The van der Waals surface area contributed by atoms with Crippen LogP contribution in [0.3, 0.4) is 0 Å². The molecule has 0 unspecified atom stereocenters. The quantitative estimate of drug-likeness (QED) is 0.353. The normalized spacial score (nSPS) is 15.6. The Morgan fingerprint density at radius 2 is 1.70 bits per heavy atom. The number of thiophene rings is 1. The lowest BCUT2D eigenvalue weighted by Gasteiger charge is -2.36. The van der Waals surface area contributed by atoms with Crippen LogP contribution in [0, 0.1) is 0 Å². The molecule has 1 fully saturated rings. The molecule has 7 heteroatoms. The van der Waals surface area contributed by atoms with Gasteiger partial charge in [-0.2, -0.15) is 0 Å². The number of hydrogen-bond acceptors (Lipinski definition) is 5. The molecule has 0 radical (unpaired) electrons. The summed E-state index contributed by atoms with van der Waals surface area (Å²) in [6.07, 6.45) is 6.38. The molecule has 0 spiro atoms. The van der Waals surface area contributed by atoms with Crippen molar-refractivity contribution in [3.05, 3.63) is 82.0 Å². The third kappa shape index (κ3) is 4.92. The van der Waals surface area contributed by atoms with Gasteiger partial charge in [0.05, 0.1) is 5.39 Å². The number of aromatic nitrogens is 2. The Kier molecular flexibility index (Phi) is 6.79. The minimum absolute atomic E-state index is 0.0222. The van der Waals surface area contributed by atoms with Gasteiger partial charge in [-0.15, -0.1) is 11.3 Å². The third-order valence-electron chi connectivity index (χ3n) is 7.55. The van der Waals surface area contributed by atoms with E-state index in [9.17, 15) is 4.79 Å². The van der Waals surface area contributed by atoms with Crippen LogP contribution in [-0.2, 0) is 25.7 Å². The van der Waals surface area contributed by atoms with Crippen LogP contribution in [0.2, 0.25) is 0 Å². The summed E-state index contributed by atoms with van der Waals surface area (Å²) in [7, 11) is 0. The zero-order chi connectivity index (χ0) is 25.2. The lowest BCUT2D eigenvalue weighted by Crippen LogP contribution is -2.50. The zero-order valence-corrected chi connectivity index (χ0v) is 22.2. The second-order valence-corrected chi connectivity index (χ2v) is 11.0. The van der Waals surface area contributed by atoms with Crippen LogP contribution in [0.5, 0.6) is 0 Å². The molecule has 0 bridgehead atoms. The molecule has 2 amide bonds. The highest BCUT2D eigenvalue weighted by atomic mass is 32.1. The fourth-order valence-electron chi connectivity index (χ4n) is 5.53. The summed E-state index contributed by atoms with van der Waals surface area (Å²) < 4.78 is 0. The average molecular weight is 512 g/mol. The molecule has 6 nitrogen and oxygen atoms in total. The molecule has 0 saturated carbocycles. The van der Waals surface area contributed by atoms with E-state index in [1.807, 2.05) is 40.5 Å². The minimum Gasteiger partial charge on any atom is -0.352 e. The number of fused-ring (bicyclic) bond motifs is 3. The number of nitrogens with zero attached hydrogens (tertiary/aromatic N) is 4. The Bertz CT molecular complexity index is 1410.